The summed E-state index contributed by atoms with van der Waals surface area (Å²) in [4.78, 5) is 17.4. The standard InChI is InChI=1S/C14H17F3N6OS/c15-14(16,17)11-9-25-12(20-11)6-18-13(24)22-4-1-2-10(7-22)8-23-5-3-19-21-23/h3,5,9-10H,1-2,4,6-8H2,(H,18,24). The molecule has 1 aliphatic heterocycles. The molecule has 2 aromatic rings. The van der Waals surface area contributed by atoms with Crippen LogP contribution in [0.2, 0.25) is 0 Å². The van der Waals surface area contributed by atoms with Crippen LogP contribution < -0.4 is 5.32 Å². The number of nitrogens with one attached hydrogen (secondary N) is 1. The van der Waals surface area contributed by atoms with Crippen molar-refractivity contribution in [2.75, 3.05) is 13.1 Å². The maximum atomic E-state index is 12.5. The Kier molecular flexibility index (Phi) is 5.21. The number of hydrogen-bond acceptors (Lipinski definition) is 5. The van der Waals surface area contributed by atoms with Crippen LogP contribution in [0.4, 0.5) is 18.0 Å². The summed E-state index contributed by atoms with van der Waals surface area (Å²) < 4.78 is 39.3. The third kappa shape index (κ3) is 4.68. The summed E-state index contributed by atoms with van der Waals surface area (Å²) in [6.07, 6.45) is 0.795. The van der Waals surface area contributed by atoms with Crippen molar-refractivity contribution in [3.05, 3.63) is 28.5 Å². The molecule has 1 saturated heterocycles. The molecule has 25 heavy (non-hydrogen) atoms. The van der Waals surface area contributed by atoms with Crippen LogP contribution in [0.3, 0.4) is 0 Å². The van der Waals surface area contributed by atoms with Gasteiger partial charge in [0.25, 0.3) is 0 Å². The SMILES string of the molecule is O=C(NCc1nc(C(F)(F)F)cs1)N1CCCC(Cn2ccnn2)C1. The number of nitrogens with zero attached hydrogens (tertiary/aromatic N) is 5. The lowest BCUT2D eigenvalue weighted by atomic mass is 9.98. The number of hydrogen-bond donors (Lipinski definition) is 1. The zero-order valence-corrected chi connectivity index (χ0v) is 14.1. The fourth-order valence-corrected chi connectivity index (χ4v) is 3.52. The smallest absolute Gasteiger partial charge is 0.331 e. The van der Waals surface area contributed by atoms with Crippen LogP contribution in [0.15, 0.2) is 17.8 Å². The number of thiazole rings is 1. The largest absolute Gasteiger partial charge is 0.434 e. The van der Waals surface area contributed by atoms with Gasteiger partial charge in [-0.25, -0.2) is 9.78 Å². The molecular weight excluding hydrogens is 357 g/mol. The van der Waals surface area contributed by atoms with Gasteiger partial charge in [-0.3, -0.25) is 4.68 Å². The Labute approximate surface area is 145 Å². The van der Waals surface area contributed by atoms with Gasteiger partial charge in [-0.1, -0.05) is 5.21 Å². The fourth-order valence-electron chi connectivity index (χ4n) is 2.78. The summed E-state index contributed by atoms with van der Waals surface area (Å²) in [6.45, 7) is 1.89. The molecule has 1 atom stereocenters. The summed E-state index contributed by atoms with van der Waals surface area (Å²) in [5.41, 5.74) is -0.924. The average molecular weight is 374 g/mol. The molecule has 1 N–H and O–H groups in total. The quantitative estimate of drug-likeness (QED) is 0.892. The summed E-state index contributed by atoms with van der Waals surface area (Å²) in [7, 11) is 0. The first-order chi connectivity index (χ1) is 11.9. The number of halogens is 3. The Bertz CT molecular complexity index is 702. The minimum atomic E-state index is -4.46. The van der Waals surface area contributed by atoms with Gasteiger partial charge in [0.05, 0.1) is 12.7 Å². The molecule has 1 aliphatic rings. The molecular formula is C14H17F3N6OS. The van der Waals surface area contributed by atoms with E-state index in [9.17, 15) is 18.0 Å². The Hall–Kier alpha value is -2.17. The van der Waals surface area contributed by atoms with Crippen LogP contribution in [0, 0.1) is 5.92 Å². The molecule has 1 fully saturated rings. The van der Waals surface area contributed by atoms with Crippen molar-refractivity contribution in [2.45, 2.75) is 32.1 Å². The molecule has 2 amide bonds. The third-order valence-electron chi connectivity index (χ3n) is 3.96. The van der Waals surface area contributed by atoms with Crippen LogP contribution in [0.5, 0.6) is 0 Å². The van der Waals surface area contributed by atoms with E-state index in [1.807, 2.05) is 0 Å². The fraction of sp³-hybridized carbons (Fsp3) is 0.571. The van der Waals surface area contributed by atoms with Gasteiger partial charge in [0.2, 0.25) is 0 Å². The molecule has 7 nitrogen and oxygen atoms in total. The van der Waals surface area contributed by atoms with Crippen LogP contribution >= 0.6 is 11.3 Å². The van der Waals surface area contributed by atoms with E-state index < -0.39 is 11.9 Å². The van der Waals surface area contributed by atoms with Gasteiger partial charge in [0.1, 0.15) is 5.01 Å². The number of carbonyl (C=O) groups is 1. The maximum Gasteiger partial charge on any atom is 0.434 e. The maximum absolute atomic E-state index is 12.5. The van der Waals surface area contributed by atoms with Crippen molar-refractivity contribution in [3.63, 3.8) is 0 Å². The van der Waals surface area contributed by atoms with E-state index in [1.54, 1.807) is 22.0 Å². The van der Waals surface area contributed by atoms with E-state index >= 15 is 0 Å². The van der Waals surface area contributed by atoms with Crippen LogP contribution in [0.1, 0.15) is 23.5 Å². The van der Waals surface area contributed by atoms with Gasteiger partial charge in [0, 0.05) is 31.2 Å². The summed E-state index contributed by atoms with van der Waals surface area (Å²) in [6, 6.07) is -0.285. The normalized spacial score (nSPS) is 18.4. The molecule has 0 bridgehead atoms. The first-order valence-electron chi connectivity index (χ1n) is 7.80. The minimum absolute atomic E-state index is 0.0101. The molecule has 0 spiro atoms. The topological polar surface area (TPSA) is 75.9 Å². The Morgan fingerprint density at radius 2 is 2.28 bits per heavy atom. The Morgan fingerprint density at radius 1 is 1.44 bits per heavy atom. The molecule has 0 aliphatic carbocycles. The van der Waals surface area contributed by atoms with E-state index in [0.717, 1.165) is 29.6 Å². The number of amides is 2. The molecule has 11 heteroatoms. The lowest BCUT2D eigenvalue weighted by Gasteiger charge is -2.32. The van der Waals surface area contributed by atoms with Crippen LogP contribution in [-0.2, 0) is 19.3 Å². The summed E-state index contributed by atoms with van der Waals surface area (Å²) in [5, 5.41) is 11.5. The Morgan fingerprint density at radius 3 is 2.96 bits per heavy atom. The van der Waals surface area contributed by atoms with Crippen LogP contribution in [-0.4, -0.2) is 44.0 Å². The van der Waals surface area contributed by atoms with Crippen LogP contribution in [0.25, 0.3) is 0 Å². The van der Waals surface area contributed by atoms with Gasteiger partial charge in [-0.05, 0) is 18.8 Å². The average Bonchev–Trinajstić information content (AvgIpc) is 3.24. The molecule has 136 valence electrons. The number of likely N-dealkylation sites (tertiary alicyclic amines) is 1. The van der Waals surface area contributed by atoms with Crippen molar-refractivity contribution in [1.29, 1.82) is 0 Å². The monoisotopic (exact) mass is 374 g/mol. The van der Waals surface area contributed by atoms with Crippen molar-refractivity contribution in [2.24, 2.45) is 5.92 Å². The van der Waals surface area contributed by atoms with E-state index in [4.69, 9.17) is 0 Å². The van der Waals surface area contributed by atoms with Gasteiger partial charge in [-0.15, -0.1) is 16.4 Å². The highest BCUT2D eigenvalue weighted by Crippen LogP contribution is 2.30. The summed E-state index contributed by atoms with van der Waals surface area (Å²) >= 11 is 0.885. The first kappa shape index (κ1) is 17.6. The second-order valence-electron chi connectivity index (χ2n) is 5.86. The highest BCUT2D eigenvalue weighted by Gasteiger charge is 2.33. The number of alkyl halides is 3. The van der Waals surface area contributed by atoms with Crippen molar-refractivity contribution in [1.82, 2.24) is 30.2 Å². The van der Waals surface area contributed by atoms with E-state index in [1.165, 1.54) is 0 Å². The van der Waals surface area contributed by atoms with E-state index in [0.29, 0.717) is 19.6 Å². The van der Waals surface area contributed by atoms with Gasteiger partial charge in [-0.2, -0.15) is 13.2 Å². The van der Waals surface area contributed by atoms with E-state index in [2.05, 4.69) is 20.6 Å². The first-order valence-corrected chi connectivity index (χ1v) is 8.68. The molecule has 0 radical (unpaired) electrons. The molecule has 1 unspecified atom stereocenters. The molecule has 2 aromatic heterocycles. The zero-order valence-electron chi connectivity index (χ0n) is 13.2. The van der Waals surface area contributed by atoms with Gasteiger partial charge < -0.3 is 10.2 Å². The second-order valence-corrected chi connectivity index (χ2v) is 6.80. The lowest BCUT2D eigenvalue weighted by molar-refractivity contribution is -0.140. The lowest BCUT2D eigenvalue weighted by Crippen LogP contribution is -2.46. The highest BCUT2D eigenvalue weighted by molar-refractivity contribution is 7.09. The minimum Gasteiger partial charge on any atom is -0.331 e. The number of aromatic nitrogens is 4. The Balaban J connectivity index is 1.50. The molecule has 3 rings (SSSR count). The molecule has 0 aromatic carbocycles. The van der Waals surface area contributed by atoms with Crippen molar-refractivity contribution in [3.8, 4) is 0 Å². The second kappa shape index (κ2) is 7.38. The number of rotatable bonds is 4. The third-order valence-corrected chi connectivity index (χ3v) is 4.81. The molecule has 0 saturated carbocycles. The van der Waals surface area contributed by atoms with Gasteiger partial charge >= 0.3 is 12.2 Å². The highest BCUT2D eigenvalue weighted by atomic mass is 32.1. The number of piperidine rings is 1. The summed E-state index contributed by atoms with van der Waals surface area (Å²) in [5.74, 6) is 0.276. The van der Waals surface area contributed by atoms with Gasteiger partial charge in [0.15, 0.2) is 5.69 Å². The zero-order chi connectivity index (χ0) is 17.9. The predicted molar refractivity (Wildman–Crippen MR) is 83.7 cm³/mol. The van der Waals surface area contributed by atoms with Crippen molar-refractivity contribution >= 4 is 17.4 Å². The number of urea groups is 1. The molecule has 3 heterocycles. The van der Waals surface area contributed by atoms with E-state index in [-0.39, 0.29) is 23.5 Å². The number of carbonyl (C=O) groups excluding carboxylic acids is 1. The predicted octanol–water partition coefficient (Wildman–Crippen LogP) is 2.38. The van der Waals surface area contributed by atoms with Crippen molar-refractivity contribution < 1.29 is 18.0 Å².